The summed E-state index contributed by atoms with van der Waals surface area (Å²) >= 11 is 0. The maximum atomic E-state index is 13.5. The molecule has 4 heteroatoms. The minimum Gasteiger partial charge on any atom is -0.459 e. The lowest BCUT2D eigenvalue weighted by Gasteiger charge is -2.04. The summed E-state index contributed by atoms with van der Waals surface area (Å²) in [7, 11) is 0. The van der Waals surface area contributed by atoms with Crippen molar-refractivity contribution in [3.63, 3.8) is 0 Å². The van der Waals surface area contributed by atoms with Crippen LogP contribution in [-0.4, -0.2) is 0 Å². The molecule has 0 fully saturated rings. The van der Waals surface area contributed by atoms with Crippen LogP contribution in [0.5, 0.6) is 0 Å². The molecule has 0 aliphatic carbocycles. The lowest BCUT2D eigenvalue weighted by molar-refractivity contribution is 0.463. The highest BCUT2D eigenvalue weighted by Crippen LogP contribution is 2.28. The van der Waals surface area contributed by atoms with Gasteiger partial charge in [0, 0.05) is 0 Å². The molecule has 2 nitrogen and oxygen atoms in total. The highest BCUT2D eigenvalue weighted by molar-refractivity contribution is 5.58. The second-order valence-corrected chi connectivity index (χ2v) is 3.82. The fourth-order valence-corrected chi connectivity index (χ4v) is 1.59. The first kappa shape index (κ1) is 11.8. The molecule has 2 N–H and O–H groups in total. The van der Waals surface area contributed by atoms with Crippen molar-refractivity contribution in [3.8, 4) is 11.3 Å². The molecular weight excluding hydrogens is 224 g/mol. The van der Waals surface area contributed by atoms with Gasteiger partial charge < -0.3 is 10.2 Å². The van der Waals surface area contributed by atoms with Crippen LogP contribution in [0.1, 0.15) is 25.1 Å². The van der Waals surface area contributed by atoms with Gasteiger partial charge >= 0.3 is 0 Å². The standard InChI is InChI=1S/C13H13F2NO/c1-2-10(16)12-7-6-11(17-12)8-4-3-5-9(14)13(8)15/h3-7,10H,2,16H2,1H3. The maximum Gasteiger partial charge on any atom is 0.169 e. The zero-order valence-electron chi connectivity index (χ0n) is 9.41. The number of halogens is 2. The van der Waals surface area contributed by atoms with Crippen molar-refractivity contribution in [2.75, 3.05) is 0 Å². The van der Waals surface area contributed by atoms with E-state index in [9.17, 15) is 8.78 Å². The van der Waals surface area contributed by atoms with Crippen molar-refractivity contribution < 1.29 is 13.2 Å². The van der Waals surface area contributed by atoms with Gasteiger partial charge in [0.05, 0.1) is 11.6 Å². The van der Waals surface area contributed by atoms with Gasteiger partial charge in [-0.3, -0.25) is 0 Å². The van der Waals surface area contributed by atoms with Crippen LogP contribution >= 0.6 is 0 Å². The van der Waals surface area contributed by atoms with Crippen LogP contribution in [0.3, 0.4) is 0 Å². The van der Waals surface area contributed by atoms with Gasteiger partial charge in [0.15, 0.2) is 11.6 Å². The second kappa shape index (κ2) is 4.67. The summed E-state index contributed by atoms with van der Waals surface area (Å²) in [6, 6.07) is 7.05. The Bertz CT molecular complexity index is 522. The van der Waals surface area contributed by atoms with Gasteiger partial charge in [-0.2, -0.15) is 0 Å². The molecule has 0 bridgehead atoms. The van der Waals surface area contributed by atoms with E-state index < -0.39 is 11.6 Å². The zero-order chi connectivity index (χ0) is 12.4. The molecule has 0 amide bonds. The van der Waals surface area contributed by atoms with Gasteiger partial charge in [0.2, 0.25) is 0 Å². The van der Waals surface area contributed by atoms with E-state index in [2.05, 4.69) is 0 Å². The molecule has 1 aromatic carbocycles. The normalized spacial score (nSPS) is 12.7. The highest BCUT2D eigenvalue weighted by Gasteiger charge is 2.15. The number of rotatable bonds is 3. The Balaban J connectivity index is 2.40. The predicted octanol–water partition coefficient (Wildman–Crippen LogP) is 3.63. The van der Waals surface area contributed by atoms with Crippen LogP contribution in [0.2, 0.25) is 0 Å². The molecule has 2 rings (SSSR count). The fraction of sp³-hybridized carbons (Fsp3) is 0.231. The molecule has 1 heterocycles. The van der Waals surface area contributed by atoms with Crippen molar-refractivity contribution in [1.29, 1.82) is 0 Å². The maximum absolute atomic E-state index is 13.5. The van der Waals surface area contributed by atoms with Crippen molar-refractivity contribution in [2.45, 2.75) is 19.4 Å². The first-order valence-corrected chi connectivity index (χ1v) is 5.43. The minimum absolute atomic E-state index is 0.111. The molecule has 0 aliphatic rings. The molecule has 2 aromatic rings. The van der Waals surface area contributed by atoms with E-state index in [0.717, 1.165) is 12.5 Å². The Morgan fingerprint density at radius 1 is 1.24 bits per heavy atom. The van der Waals surface area contributed by atoms with Crippen molar-refractivity contribution in [1.82, 2.24) is 0 Å². The third kappa shape index (κ3) is 2.22. The van der Waals surface area contributed by atoms with Crippen LogP contribution in [-0.2, 0) is 0 Å². The number of nitrogens with two attached hydrogens (primary N) is 1. The van der Waals surface area contributed by atoms with Gasteiger partial charge in [-0.25, -0.2) is 8.78 Å². The van der Waals surface area contributed by atoms with E-state index in [1.165, 1.54) is 12.1 Å². The van der Waals surface area contributed by atoms with E-state index in [1.807, 2.05) is 6.92 Å². The van der Waals surface area contributed by atoms with Gasteiger partial charge in [-0.1, -0.05) is 13.0 Å². The zero-order valence-corrected chi connectivity index (χ0v) is 9.41. The van der Waals surface area contributed by atoms with Crippen LogP contribution in [0.15, 0.2) is 34.7 Å². The third-order valence-electron chi connectivity index (χ3n) is 2.65. The smallest absolute Gasteiger partial charge is 0.169 e. The quantitative estimate of drug-likeness (QED) is 0.885. The molecule has 1 atom stereocenters. The fourth-order valence-electron chi connectivity index (χ4n) is 1.59. The minimum atomic E-state index is -0.904. The Morgan fingerprint density at radius 2 is 2.00 bits per heavy atom. The number of hydrogen-bond acceptors (Lipinski definition) is 2. The van der Waals surface area contributed by atoms with Crippen molar-refractivity contribution >= 4 is 0 Å². The molecule has 90 valence electrons. The molecule has 0 saturated heterocycles. The Morgan fingerprint density at radius 3 is 2.71 bits per heavy atom. The Labute approximate surface area is 98.0 Å². The highest BCUT2D eigenvalue weighted by atomic mass is 19.2. The number of hydrogen-bond donors (Lipinski definition) is 1. The van der Waals surface area contributed by atoms with Crippen LogP contribution < -0.4 is 5.73 Å². The third-order valence-corrected chi connectivity index (χ3v) is 2.65. The van der Waals surface area contributed by atoms with Crippen LogP contribution in [0.4, 0.5) is 8.78 Å². The summed E-state index contributed by atoms with van der Waals surface area (Å²) in [6.45, 7) is 1.93. The van der Waals surface area contributed by atoms with Gasteiger partial charge in [0.1, 0.15) is 11.5 Å². The molecule has 1 aromatic heterocycles. The average molecular weight is 237 g/mol. The number of benzene rings is 1. The van der Waals surface area contributed by atoms with Gasteiger partial charge in [0.25, 0.3) is 0 Å². The van der Waals surface area contributed by atoms with Gasteiger partial charge in [-0.15, -0.1) is 0 Å². The topological polar surface area (TPSA) is 39.2 Å². The molecular formula is C13H13F2NO. The molecule has 0 spiro atoms. The van der Waals surface area contributed by atoms with E-state index in [-0.39, 0.29) is 11.6 Å². The second-order valence-electron chi connectivity index (χ2n) is 3.82. The summed E-state index contributed by atoms with van der Waals surface area (Å²) in [5.41, 5.74) is 5.90. The summed E-state index contributed by atoms with van der Waals surface area (Å²) in [5, 5.41) is 0. The lowest BCUT2D eigenvalue weighted by atomic mass is 10.1. The van der Waals surface area contributed by atoms with Crippen molar-refractivity contribution in [2.24, 2.45) is 5.73 Å². The number of furan rings is 1. The molecule has 0 aliphatic heterocycles. The lowest BCUT2D eigenvalue weighted by Crippen LogP contribution is -2.06. The van der Waals surface area contributed by atoms with Crippen LogP contribution in [0.25, 0.3) is 11.3 Å². The largest absolute Gasteiger partial charge is 0.459 e. The molecule has 1 unspecified atom stereocenters. The van der Waals surface area contributed by atoms with E-state index in [1.54, 1.807) is 12.1 Å². The van der Waals surface area contributed by atoms with Gasteiger partial charge in [-0.05, 0) is 30.7 Å². The summed E-state index contributed by atoms with van der Waals surface area (Å²) in [4.78, 5) is 0. The first-order chi connectivity index (χ1) is 8.13. The van der Waals surface area contributed by atoms with Crippen LogP contribution in [0, 0.1) is 11.6 Å². The summed E-state index contributed by atoms with van der Waals surface area (Å²) in [6.07, 6.45) is 0.721. The monoisotopic (exact) mass is 237 g/mol. The molecule has 0 radical (unpaired) electrons. The first-order valence-electron chi connectivity index (χ1n) is 5.43. The van der Waals surface area contributed by atoms with E-state index in [4.69, 9.17) is 10.2 Å². The predicted molar refractivity (Wildman–Crippen MR) is 61.3 cm³/mol. The summed E-state index contributed by atoms with van der Waals surface area (Å²) in [5.74, 6) is -0.925. The van der Waals surface area contributed by atoms with E-state index >= 15 is 0 Å². The molecule has 17 heavy (non-hydrogen) atoms. The van der Waals surface area contributed by atoms with Crippen molar-refractivity contribution in [3.05, 3.63) is 47.7 Å². The average Bonchev–Trinajstić information content (AvgIpc) is 2.81. The Hall–Kier alpha value is -1.68. The van der Waals surface area contributed by atoms with E-state index in [0.29, 0.717) is 11.5 Å². The Kier molecular flexibility index (Phi) is 3.24. The molecule has 0 saturated carbocycles. The SMILES string of the molecule is CCC(N)c1ccc(-c2cccc(F)c2F)o1. The summed E-state index contributed by atoms with van der Waals surface area (Å²) < 4.78 is 32.0.